The Balaban J connectivity index is 1.69. The van der Waals surface area contributed by atoms with Crippen LogP contribution in [0, 0.1) is 0 Å². The van der Waals surface area contributed by atoms with E-state index in [2.05, 4.69) is 46.6 Å². The number of anilines is 4. The van der Waals surface area contributed by atoms with Gasteiger partial charge in [-0.05, 0) is 18.2 Å². The van der Waals surface area contributed by atoms with Gasteiger partial charge in [0.05, 0.1) is 61.2 Å². The number of hydrogen-bond acceptors (Lipinski definition) is 12. The van der Waals surface area contributed by atoms with E-state index in [1.807, 2.05) is 6.07 Å². The number of amides is 2. The molecule has 202 valence electrons. The Labute approximate surface area is 243 Å². The van der Waals surface area contributed by atoms with Crippen molar-refractivity contribution >= 4 is 69.7 Å². The molecule has 6 radical (unpaired) electrons. The molecule has 4 aromatic rings. The van der Waals surface area contributed by atoms with Gasteiger partial charge in [0, 0.05) is 30.1 Å². The molecule has 17 heteroatoms. The maximum absolute atomic E-state index is 12.9. The lowest BCUT2D eigenvalue weighted by Gasteiger charge is -2.23. The quantitative estimate of drug-likeness (QED) is 0.194. The van der Waals surface area contributed by atoms with Crippen LogP contribution in [-0.2, 0) is 11.3 Å². The molecule has 0 saturated carbocycles. The SMILES string of the molecule is [B]C([B])([B])NC(=O)c1nnc(Nc2ccc(OC)nn2)cc1Nc1cccc(-c2ncc(CNC(C)=O)s2)c1OC. The molecule has 3 heterocycles. The second kappa shape index (κ2) is 12.7. The van der Waals surface area contributed by atoms with Crippen molar-refractivity contribution in [3.8, 4) is 22.2 Å². The molecular weight excluding hydrogens is 543 g/mol. The Kier molecular flexibility index (Phi) is 9.07. The van der Waals surface area contributed by atoms with Gasteiger partial charge in [0.2, 0.25) is 11.8 Å². The third-order valence-electron chi connectivity index (χ3n) is 5.23. The smallest absolute Gasteiger partial charge is 0.272 e. The summed E-state index contributed by atoms with van der Waals surface area (Å²) >= 11 is 1.40. The number of aromatic nitrogens is 5. The zero-order chi connectivity index (χ0) is 29.6. The van der Waals surface area contributed by atoms with Crippen molar-refractivity contribution in [2.24, 2.45) is 0 Å². The summed E-state index contributed by atoms with van der Waals surface area (Å²) in [7, 11) is 19.7. The zero-order valence-corrected chi connectivity index (χ0v) is 23.1. The van der Waals surface area contributed by atoms with Gasteiger partial charge in [0.1, 0.15) is 5.01 Å². The van der Waals surface area contributed by atoms with Crippen LogP contribution in [0.15, 0.2) is 42.6 Å². The highest BCUT2D eigenvalue weighted by Gasteiger charge is 2.22. The van der Waals surface area contributed by atoms with Crippen molar-refractivity contribution in [3.05, 3.63) is 53.2 Å². The zero-order valence-electron chi connectivity index (χ0n) is 22.3. The van der Waals surface area contributed by atoms with Crippen molar-refractivity contribution in [3.63, 3.8) is 0 Å². The van der Waals surface area contributed by atoms with Crippen LogP contribution in [0.1, 0.15) is 22.3 Å². The standard InChI is InChI=1S/C24H22B3N9O4S/c1-12(37)28-10-13-11-29-23(41-13)14-5-4-6-15(21(14)40-3)30-16-9-18(31-17-7-8-19(39-2)35-33-17)34-36-20(16)22(38)32-24(25,26)27/h4-9,11H,10H2,1-3H3,(H,28,37)(H,32,38)(H2,30,31,33,34). The molecule has 41 heavy (non-hydrogen) atoms. The monoisotopic (exact) mass is 565 g/mol. The highest BCUT2D eigenvalue weighted by Crippen LogP contribution is 2.40. The molecule has 3 aromatic heterocycles. The first-order valence-electron chi connectivity index (χ1n) is 11.9. The van der Waals surface area contributed by atoms with Crippen LogP contribution < -0.4 is 30.7 Å². The Bertz CT molecular complexity index is 1550. The van der Waals surface area contributed by atoms with Crippen LogP contribution in [0.4, 0.5) is 23.0 Å². The lowest BCUT2D eigenvalue weighted by atomic mass is 9.49. The number of carbonyl (C=O) groups excluding carboxylic acids is 2. The second-order valence-electron chi connectivity index (χ2n) is 8.52. The number of hydrogen-bond donors (Lipinski definition) is 4. The Hall–Kier alpha value is -4.66. The van der Waals surface area contributed by atoms with Gasteiger partial charge in [-0.25, -0.2) is 4.98 Å². The molecular formula is C24H22B3N9O4S. The molecule has 0 saturated heterocycles. The number of nitrogens with zero attached hydrogens (tertiary/aromatic N) is 5. The van der Waals surface area contributed by atoms with Gasteiger partial charge in [-0.15, -0.1) is 31.7 Å². The van der Waals surface area contributed by atoms with E-state index < -0.39 is 11.1 Å². The number of benzene rings is 1. The molecule has 0 aliphatic carbocycles. The number of thiazole rings is 1. The highest BCUT2D eigenvalue weighted by atomic mass is 32.1. The fourth-order valence-corrected chi connectivity index (χ4v) is 4.37. The third-order valence-corrected chi connectivity index (χ3v) is 6.26. The van der Waals surface area contributed by atoms with Crippen molar-refractivity contribution in [1.29, 1.82) is 0 Å². The number of ether oxygens (including phenoxy) is 2. The van der Waals surface area contributed by atoms with Gasteiger partial charge < -0.3 is 30.7 Å². The fraction of sp³-hybridized carbons (Fsp3) is 0.208. The summed E-state index contributed by atoms with van der Waals surface area (Å²) in [6.45, 7) is 1.80. The number of carbonyl (C=O) groups is 2. The minimum Gasteiger partial charge on any atom is -0.494 e. The van der Waals surface area contributed by atoms with Crippen LogP contribution in [0.5, 0.6) is 11.6 Å². The van der Waals surface area contributed by atoms with Crippen LogP contribution in [0.25, 0.3) is 10.6 Å². The molecule has 1 aromatic carbocycles. The molecule has 0 fully saturated rings. The Morgan fingerprint density at radius 3 is 2.39 bits per heavy atom. The molecule has 13 nitrogen and oxygen atoms in total. The van der Waals surface area contributed by atoms with Gasteiger partial charge in [0.25, 0.3) is 5.91 Å². The molecule has 0 aliphatic rings. The van der Waals surface area contributed by atoms with Crippen LogP contribution in [0.2, 0.25) is 0 Å². The lowest BCUT2D eigenvalue weighted by molar-refractivity contribution is -0.119. The van der Waals surface area contributed by atoms with Crippen molar-refractivity contribution < 1.29 is 19.1 Å². The molecule has 0 atom stereocenters. The minimum atomic E-state index is -2.00. The van der Waals surface area contributed by atoms with E-state index in [0.29, 0.717) is 40.3 Å². The largest absolute Gasteiger partial charge is 0.494 e. The van der Waals surface area contributed by atoms with E-state index in [4.69, 9.17) is 33.0 Å². The average molecular weight is 565 g/mol. The summed E-state index contributed by atoms with van der Waals surface area (Å²) in [4.78, 5) is 29.6. The molecule has 4 rings (SSSR count). The third kappa shape index (κ3) is 7.72. The van der Waals surface area contributed by atoms with Crippen LogP contribution in [-0.4, -0.2) is 80.2 Å². The van der Waals surface area contributed by atoms with Crippen molar-refractivity contribution in [2.45, 2.75) is 18.7 Å². The van der Waals surface area contributed by atoms with Crippen molar-refractivity contribution in [2.75, 3.05) is 24.9 Å². The molecule has 0 bridgehead atoms. The van der Waals surface area contributed by atoms with Crippen LogP contribution >= 0.6 is 11.3 Å². The molecule has 0 unspecified atom stereocenters. The number of nitrogens with one attached hydrogen (secondary N) is 4. The molecule has 2 amide bonds. The summed E-state index contributed by atoms with van der Waals surface area (Å²) in [5.74, 6) is 0.448. The molecule has 4 N–H and O–H groups in total. The summed E-state index contributed by atoms with van der Waals surface area (Å²) in [5.41, 5.74) is 1.23. The summed E-state index contributed by atoms with van der Waals surface area (Å²) in [6, 6.07) is 10.2. The Morgan fingerprint density at radius 2 is 1.73 bits per heavy atom. The first kappa shape index (κ1) is 29.3. The van der Waals surface area contributed by atoms with E-state index in [1.165, 1.54) is 38.5 Å². The highest BCUT2D eigenvalue weighted by molar-refractivity contribution is 7.15. The van der Waals surface area contributed by atoms with Gasteiger partial charge in [-0.3, -0.25) is 9.59 Å². The summed E-state index contributed by atoms with van der Waals surface area (Å²) < 4.78 is 10.8. The van der Waals surface area contributed by atoms with E-state index in [9.17, 15) is 9.59 Å². The first-order chi connectivity index (χ1) is 19.6. The van der Waals surface area contributed by atoms with E-state index in [1.54, 1.807) is 30.5 Å². The van der Waals surface area contributed by atoms with E-state index in [0.717, 1.165) is 4.88 Å². The molecule has 0 spiro atoms. The maximum Gasteiger partial charge on any atom is 0.272 e. The van der Waals surface area contributed by atoms with Gasteiger partial charge in [0.15, 0.2) is 23.1 Å². The summed E-state index contributed by atoms with van der Waals surface area (Å²) in [6.07, 6.45) is 1.68. The van der Waals surface area contributed by atoms with E-state index in [-0.39, 0.29) is 23.1 Å². The van der Waals surface area contributed by atoms with Gasteiger partial charge in [-0.1, -0.05) is 11.3 Å². The first-order valence-corrected chi connectivity index (χ1v) is 12.7. The van der Waals surface area contributed by atoms with Gasteiger partial charge >= 0.3 is 0 Å². The number of para-hydroxylation sites is 1. The number of rotatable bonds is 11. The maximum atomic E-state index is 12.9. The van der Waals surface area contributed by atoms with Crippen molar-refractivity contribution in [1.82, 2.24) is 36.0 Å². The lowest BCUT2D eigenvalue weighted by Crippen LogP contribution is -2.50. The fourth-order valence-electron chi connectivity index (χ4n) is 3.49. The topological polar surface area (TPSA) is 165 Å². The normalized spacial score (nSPS) is 10.9. The second-order valence-corrected chi connectivity index (χ2v) is 9.63. The van der Waals surface area contributed by atoms with E-state index >= 15 is 0 Å². The van der Waals surface area contributed by atoms with Gasteiger partial charge in [-0.2, -0.15) is 0 Å². The Morgan fingerprint density at radius 1 is 0.951 bits per heavy atom. The molecule has 0 aliphatic heterocycles. The summed E-state index contributed by atoms with van der Waals surface area (Å²) in [5, 5.41) is 25.8. The number of methoxy groups -OCH3 is 2. The van der Waals surface area contributed by atoms with Crippen LogP contribution in [0.3, 0.4) is 0 Å². The predicted octanol–water partition coefficient (Wildman–Crippen LogP) is 1.38. The predicted molar refractivity (Wildman–Crippen MR) is 156 cm³/mol. The minimum absolute atomic E-state index is 0.140. The average Bonchev–Trinajstić information content (AvgIpc) is 3.40.